The van der Waals surface area contributed by atoms with Gasteiger partial charge in [0.15, 0.2) is 0 Å². The molecule has 0 amide bonds. The summed E-state index contributed by atoms with van der Waals surface area (Å²) in [6, 6.07) is 5.97. The summed E-state index contributed by atoms with van der Waals surface area (Å²) in [6.07, 6.45) is 5.19. The maximum Gasteiger partial charge on any atom is 0.134 e. The summed E-state index contributed by atoms with van der Waals surface area (Å²) in [7, 11) is 1.83. The predicted molar refractivity (Wildman–Crippen MR) is 113 cm³/mol. The van der Waals surface area contributed by atoms with Crippen molar-refractivity contribution < 1.29 is 14.6 Å². The number of nitrogens with zero attached hydrogens (tertiary/aromatic N) is 1. The summed E-state index contributed by atoms with van der Waals surface area (Å²) >= 11 is 0. The second-order valence-corrected chi connectivity index (χ2v) is 8.99. The van der Waals surface area contributed by atoms with Gasteiger partial charge in [0, 0.05) is 38.0 Å². The van der Waals surface area contributed by atoms with Gasteiger partial charge in [-0.15, -0.1) is 12.4 Å². The van der Waals surface area contributed by atoms with Gasteiger partial charge in [-0.05, 0) is 62.4 Å². The molecule has 2 fully saturated rings. The molecular weight excluding hydrogens is 374 g/mol. The first-order chi connectivity index (χ1) is 12.8. The Labute approximate surface area is 174 Å². The molecule has 3 aliphatic rings. The van der Waals surface area contributed by atoms with E-state index >= 15 is 0 Å². The fourth-order valence-corrected chi connectivity index (χ4v) is 6.37. The smallest absolute Gasteiger partial charge is 0.134 e. The Bertz CT molecular complexity index is 803. The number of methoxy groups -OCH3 is 1. The van der Waals surface area contributed by atoms with Crippen molar-refractivity contribution in [1.29, 1.82) is 0 Å². The Morgan fingerprint density at radius 1 is 1.36 bits per heavy atom. The van der Waals surface area contributed by atoms with E-state index in [1.165, 1.54) is 11.1 Å². The summed E-state index contributed by atoms with van der Waals surface area (Å²) < 4.78 is 6.44. The Morgan fingerprint density at radius 3 is 2.79 bits per heavy atom. The fraction of sp³-hybridized carbons (Fsp3) is 0.609. The number of piperidine rings is 1. The highest BCUT2D eigenvalue weighted by atomic mass is 35.5. The van der Waals surface area contributed by atoms with E-state index in [4.69, 9.17) is 4.74 Å². The minimum atomic E-state index is -0.393. The molecule has 28 heavy (non-hydrogen) atoms. The minimum Gasteiger partial charge on any atom is -0.508 e. The molecule has 1 saturated heterocycles. The van der Waals surface area contributed by atoms with Gasteiger partial charge in [0.2, 0.25) is 0 Å². The Hall–Kier alpha value is -1.36. The van der Waals surface area contributed by atoms with E-state index in [0.29, 0.717) is 18.6 Å². The van der Waals surface area contributed by atoms with Crippen LogP contribution in [0.4, 0.5) is 0 Å². The number of aromatic hydroxyl groups is 1. The van der Waals surface area contributed by atoms with E-state index in [1.807, 2.05) is 19.2 Å². The lowest BCUT2D eigenvalue weighted by Crippen LogP contribution is -2.76. The standard InChI is InChI=1S/C23H31NO3.ClH/c1-15(2)7-9-24-10-8-22-14-19(26)11-16(3)23(22,27-4)21(24)12-17-5-6-18(25)13-20(17)22;/h5-7,13,16,21,25H,8-12,14H2,1-4H3;1H/t16-,21-,22-,23-;/m1./s1. The number of rotatable bonds is 3. The van der Waals surface area contributed by atoms with Gasteiger partial charge in [-0.1, -0.05) is 24.6 Å². The zero-order valence-electron chi connectivity index (χ0n) is 17.3. The van der Waals surface area contributed by atoms with Crippen LogP contribution in [0.3, 0.4) is 0 Å². The highest BCUT2D eigenvalue weighted by Crippen LogP contribution is 2.61. The lowest BCUT2D eigenvalue weighted by atomic mass is 9.46. The second kappa shape index (κ2) is 7.47. The largest absolute Gasteiger partial charge is 0.508 e. The number of benzene rings is 1. The van der Waals surface area contributed by atoms with Crippen LogP contribution in [0.15, 0.2) is 29.8 Å². The molecule has 0 aromatic heterocycles. The topological polar surface area (TPSA) is 49.8 Å². The van der Waals surface area contributed by atoms with E-state index in [-0.39, 0.29) is 35.5 Å². The molecule has 0 unspecified atom stereocenters. The molecule has 5 heteroatoms. The number of ketones is 1. The number of likely N-dealkylation sites (tertiary alicyclic amines) is 1. The van der Waals surface area contributed by atoms with Gasteiger partial charge in [0.05, 0.1) is 5.60 Å². The molecule has 0 radical (unpaired) electrons. The summed E-state index contributed by atoms with van der Waals surface area (Å²) in [4.78, 5) is 15.3. The fourth-order valence-electron chi connectivity index (χ4n) is 6.37. The van der Waals surface area contributed by atoms with Crippen molar-refractivity contribution in [3.8, 4) is 5.75 Å². The van der Waals surface area contributed by atoms with Gasteiger partial charge in [0.1, 0.15) is 11.5 Å². The number of Topliss-reactive ketones (excluding diaryl/α,β-unsaturated/α-hetero) is 1. The monoisotopic (exact) mass is 405 g/mol. The number of fused-ring (bicyclic) bond motifs is 1. The molecule has 154 valence electrons. The van der Waals surface area contributed by atoms with Crippen molar-refractivity contribution >= 4 is 18.2 Å². The molecule has 4 rings (SSSR count). The van der Waals surface area contributed by atoms with Crippen LogP contribution in [-0.4, -0.2) is 47.6 Å². The third-order valence-electron chi connectivity index (χ3n) is 7.37. The van der Waals surface area contributed by atoms with Crippen LogP contribution in [0, 0.1) is 5.92 Å². The number of hydrogen-bond donors (Lipinski definition) is 1. The molecule has 1 heterocycles. The van der Waals surface area contributed by atoms with Gasteiger partial charge in [-0.3, -0.25) is 9.69 Å². The minimum absolute atomic E-state index is 0. The van der Waals surface area contributed by atoms with Crippen molar-refractivity contribution in [2.24, 2.45) is 5.92 Å². The van der Waals surface area contributed by atoms with Gasteiger partial charge < -0.3 is 9.84 Å². The van der Waals surface area contributed by atoms with Crippen molar-refractivity contribution in [2.75, 3.05) is 20.2 Å². The van der Waals surface area contributed by atoms with Crippen LogP contribution in [0.25, 0.3) is 0 Å². The maximum atomic E-state index is 12.7. The lowest BCUT2D eigenvalue weighted by molar-refractivity contribution is -0.208. The van der Waals surface area contributed by atoms with Crippen LogP contribution in [-0.2, 0) is 21.4 Å². The van der Waals surface area contributed by atoms with E-state index < -0.39 is 5.60 Å². The molecule has 1 aliphatic heterocycles. The third kappa shape index (κ3) is 2.84. The SMILES string of the molecule is CO[C@@]12[C@H](C)CC(=O)C[C@@]13CCN(CC=C(C)C)[C@@H]2Cc1ccc(O)cc13.Cl. The Kier molecular flexibility index (Phi) is 5.70. The molecule has 1 N–H and O–H groups in total. The maximum absolute atomic E-state index is 12.7. The van der Waals surface area contributed by atoms with Crippen LogP contribution >= 0.6 is 12.4 Å². The Balaban J connectivity index is 0.00000225. The lowest BCUT2D eigenvalue weighted by Gasteiger charge is -2.67. The molecule has 1 aromatic carbocycles. The van der Waals surface area contributed by atoms with Crippen molar-refractivity contribution in [3.05, 3.63) is 41.0 Å². The van der Waals surface area contributed by atoms with Crippen LogP contribution in [0.1, 0.15) is 51.2 Å². The summed E-state index contributed by atoms with van der Waals surface area (Å²) in [5.41, 5.74) is 2.99. The first-order valence-electron chi connectivity index (χ1n) is 10.1. The average Bonchev–Trinajstić information content (AvgIpc) is 2.61. The Morgan fingerprint density at radius 2 is 2.11 bits per heavy atom. The number of phenols is 1. The molecule has 1 saturated carbocycles. The zero-order chi connectivity index (χ0) is 19.4. The van der Waals surface area contributed by atoms with Crippen molar-refractivity contribution in [2.45, 2.75) is 63.5 Å². The predicted octanol–water partition coefficient (Wildman–Crippen LogP) is 4.03. The molecule has 1 aromatic rings. The molecule has 2 bridgehead atoms. The quantitative estimate of drug-likeness (QED) is 0.771. The van der Waals surface area contributed by atoms with Gasteiger partial charge in [-0.2, -0.15) is 0 Å². The summed E-state index contributed by atoms with van der Waals surface area (Å²) in [6.45, 7) is 8.33. The number of carbonyl (C=O) groups excluding carboxylic acids is 1. The average molecular weight is 406 g/mol. The van der Waals surface area contributed by atoms with E-state index in [1.54, 1.807) is 6.07 Å². The van der Waals surface area contributed by atoms with E-state index in [0.717, 1.165) is 31.5 Å². The highest BCUT2D eigenvalue weighted by molar-refractivity contribution is 5.85. The van der Waals surface area contributed by atoms with E-state index in [9.17, 15) is 9.90 Å². The summed E-state index contributed by atoms with van der Waals surface area (Å²) in [5.74, 6) is 0.755. The van der Waals surface area contributed by atoms with Gasteiger partial charge >= 0.3 is 0 Å². The molecule has 4 atom stereocenters. The molecule has 0 spiro atoms. The van der Waals surface area contributed by atoms with Crippen molar-refractivity contribution in [3.63, 3.8) is 0 Å². The normalized spacial score (nSPS) is 34.1. The van der Waals surface area contributed by atoms with E-state index in [2.05, 4.69) is 31.7 Å². The molecule has 4 nitrogen and oxygen atoms in total. The van der Waals surface area contributed by atoms with Crippen LogP contribution in [0.2, 0.25) is 0 Å². The first-order valence-corrected chi connectivity index (χ1v) is 10.1. The zero-order valence-corrected chi connectivity index (χ0v) is 18.1. The highest BCUT2D eigenvalue weighted by Gasteiger charge is 2.68. The molecule has 2 aliphatic carbocycles. The number of halogens is 1. The summed E-state index contributed by atoms with van der Waals surface area (Å²) in [5, 5.41) is 10.2. The number of phenolic OH excluding ortho intramolecular Hbond substituents is 1. The number of carbonyl (C=O) groups is 1. The molecular formula is C23H32ClNO3. The number of ether oxygens (including phenoxy) is 1. The van der Waals surface area contributed by atoms with Crippen LogP contribution in [0.5, 0.6) is 5.75 Å². The van der Waals surface area contributed by atoms with Crippen LogP contribution < -0.4 is 0 Å². The number of allylic oxidation sites excluding steroid dienone is 1. The van der Waals surface area contributed by atoms with Crippen molar-refractivity contribution in [1.82, 2.24) is 4.90 Å². The first kappa shape index (κ1) is 21.4. The second-order valence-electron chi connectivity index (χ2n) is 8.99. The number of hydrogen-bond acceptors (Lipinski definition) is 4. The van der Waals surface area contributed by atoms with Gasteiger partial charge in [-0.25, -0.2) is 0 Å². The van der Waals surface area contributed by atoms with Gasteiger partial charge in [0.25, 0.3) is 0 Å². The third-order valence-corrected chi connectivity index (χ3v) is 7.37.